The molecule has 3 rings (SSSR count). The molecule has 20 heavy (non-hydrogen) atoms. The van der Waals surface area contributed by atoms with Crippen LogP contribution in [-0.4, -0.2) is 11.1 Å². The molecule has 0 aromatic heterocycles. The van der Waals surface area contributed by atoms with Crippen molar-refractivity contribution in [2.45, 2.75) is 50.4 Å². The molecule has 2 aliphatic rings. The molecule has 0 atom stereocenters. The van der Waals surface area contributed by atoms with Crippen LogP contribution < -0.4 is 0 Å². The molecule has 1 aromatic rings. The molecule has 1 N–H and O–H groups in total. The molecule has 0 bridgehead atoms. The van der Waals surface area contributed by atoms with Crippen molar-refractivity contribution in [2.75, 3.05) is 0 Å². The number of carboxylic acids is 1. The number of halogens is 2. The summed E-state index contributed by atoms with van der Waals surface area (Å²) < 4.78 is 0. The highest BCUT2D eigenvalue weighted by atomic mass is 35.5. The number of aliphatic carboxylic acids is 1. The van der Waals surface area contributed by atoms with Crippen LogP contribution in [0.5, 0.6) is 0 Å². The molecule has 2 saturated carbocycles. The Labute approximate surface area is 129 Å². The summed E-state index contributed by atoms with van der Waals surface area (Å²) >= 11 is 12.5. The standard InChI is InChI=1S/C16H18Cl2O2/c17-11-5-4-6-12(18)13(11)16(14(19)20)9-15(10-16)7-2-1-3-8-15/h4-6H,1-3,7-10H2,(H,19,20). The average molecular weight is 313 g/mol. The number of hydrogen-bond acceptors (Lipinski definition) is 1. The monoisotopic (exact) mass is 312 g/mol. The summed E-state index contributed by atoms with van der Waals surface area (Å²) in [5.41, 5.74) is -0.0571. The van der Waals surface area contributed by atoms with Gasteiger partial charge in [0, 0.05) is 15.6 Å². The van der Waals surface area contributed by atoms with Crippen LogP contribution in [0.1, 0.15) is 50.5 Å². The first-order valence-electron chi connectivity index (χ1n) is 7.17. The molecule has 1 aromatic carbocycles. The molecule has 1 spiro atoms. The van der Waals surface area contributed by atoms with Crippen LogP contribution in [0, 0.1) is 5.41 Å². The molecule has 0 amide bonds. The van der Waals surface area contributed by atoms with Gasteiger partial charge < -0.3 is 5.11 Å². The van der Waals surface area contributed by atoms with E-state index in [0.29, 0.717) is 28.5 Å². The highest BCUT2D eigenvalue weighted by Crippen LogP contribution is 2.63. The van der Waals surface area contributed by atoms with Crippen molar-refractivity contribution in [1.29, 1.82) is 0 Å². The van der Waals surface area contributed by atoms with Crippen molar-refractivity contribution in [3.8, 4) is 0 Å². The summed E-state index contributed by atoms with van der Waals surface area (Å²) in [6, 6.07) is 5.23. The van der Waals surface area contributed by atoms with Crippen LogP contribution in [0.25, 0.3) is 0 Å². The Morgan fingerprint density at radius 3 is 2.10 bits per heavy atom. The number of rotatable bonds is 2. The number of hydrogen-bond donors (Lipinski definition) is 1. The Balaban J connectivity index is 1.98. The van der Waals surface area contributed by atoms with Crippen LogP contribution in [-0.2, 0) is 10.2 Å². The minimum absolute atomic E-state index is 0.207. The highest BCUT2D eigenvalue weighted by molar-refractivity contribution is 6.36. The zero-order valence-electron chi connectivity index (χ0n) is 11.3. The van der Waals surface area contributed by atoms with Crippen molar-refractivity contribution in [3.05, 3.63) is 33.8 Å². The Bertz CT molecular complexity index is 519. The van der Waals surface area contributed by atoms with E-state index in [0.717, 1.165) is 12.8 Å². The van der Waals surface area contributed by atoms with Gasteiger partial charge in [-0.05, 0) is 43.2 Å². The average Bonchev–Trinajstić information content (AvgIpc) is 2.37. The first kappa shape index (κ1) is 14.2. The van der Waals surface area contributed by atoms with E-state index in [9.17, 15) is 9.90 Å². The molecule has 108 valence electrons. The minimum atomic E-state index is -0.882. The number of carboxylic acid groups (broad SMARTS) is 1. The van der Waals surface area contributed by atoms with E-state index < -0.39 is 11.4 Å². The van der Waals surface area contributed by atoms with Gasteiger partial charge in [0.25, 0.3) is 0 Å². The predicted octanol–water partition coefficient (Wildman–Crippen LogP) is 5.06. The summed E-state index contributed by atoms with van der Waals surface area (Å²) in [5, 5.41) is 10.7. The maximum absolute atomic E-state index is 11.9. The third-order valence-electron chi connectivity index (χ3n) is 5.12. The number of carbonyl (C=O) groups is 1. The fourth-order valence-electron chi connectivity index (χ4n) is 4.27. The van der Waals surface area contributed by atoms with Crippen molar-refractivity contribution < 1.29 is 9.90 Å². The maximum atomic E-state index is 11.9. The molecule has 0 saturated heterocycles. The third kappa shape index (κ3) is 2.05. The first-order chi connectivity index (χ1) is 9.49. The second-order valence-electron chi connectivity index (χ2n) is 6.40. The molecule has 2 aliphatic carbocycles. The lowest BCUT2D eigenvalue weighted by molar-refractivity contribution is -0.156. The molecule has 0 aliphatic heterocycles. The van der Waals surface area contributed by atoms with E-state index in [-0.39, 0.29) is 5.41 Å². The third-order valence-corrected chi connectivity index (χ3v) is 5.75. The maximum Gasteiger partial charge on any atom is 0.314 e. The summed E-state index contributed by atoms with van der Waals surface area (Å²) in [5.74, 6) is -0.788. The van der Waals surface area contributed by atoms with E-state index >= 15 is 0 Å². The van der Waals surface area contributed by atoms with Gasteiger partial charge in [-0.1, -0.05) is 48.5 Å². The Morgan fingerprint density at radius 2 is 1.60 bits per heavy atom. The van der Waals surface area contributed by atoms with Gasteiger partial charge in [-0.15, -0.1) is 0 Å². The Kier molecular flexibility index (Phi) is 3.50. The predicted molar refractivity (Wildman–Crippen MR) is 80.5 cm³/mol. The SMILES string of the molecule is O=C(O)C1(c2c(Cl)cccc2Cl)CC2(CCCCC2)C1. The molecular weight excluding hydrogens is 295 g/mol. The molecule has 2 nitrogen and oxygen atoms in total. The molecule has 0 unspecified atom stereocenters. The van der Waals surface area contributed by atoms with E-state index in [1.165, 1.54) is 19.3 Å². The fourth-order valence-corrected chi connectivity index (χ4v) is 5.03. The van der Waals surface area contributed by atoms with Gasteiger partial charge in [0.1, 0.15) is 0 Å². The topological polar surface area (TPSA) is 37.3 Å². The van der Waals surface area contributed by atoms with Gasteiger partial charge in [0.15, 0.2) is 0 Å². The van der Waals surface area contributed by atoms with Gasteiger partial charge in [-0.2, -0.15) is 0 Å². The molecule has 2 fully saturated rings. The summed E-state index contributed by atoms with van der Waals surface area (Å²) in [6.07, 6.45) is 7.35. The molecule has 0 radical (unpaired) electrons. The zero-order valence-corrected chi connectivity index (χ0v) is 12.8. The van der Waals surface area contributed by atoms with Gasteiger partial charge in [0.2, 0.25) is 0 Å². The normalized spacial score (nSPS) is 23.3. The highest BCUT2D eigenvalue weighted by Gasteiger charge is 2.60. The van der Waals surface area contributed by atoms with Crippen LogP contribution in [0.4, 0.5) is 0 Å². The lowest BCUT2D eigenvalue weighted by Crippen LogP contribution is -2.55. The van der Waals surface area contributed by atoms with Crippen LogP contribution >= 0.6 is 23.2 Å². The zero-order chi connectivity index (χ0) is 14.4. The lowest BCUT2D eigenvalue weighted by Gasteiger charge is -2.56. The van der Waals surface area contributed by atoms with Crippen LogP contribution in [0.2, 0.25) is 10.0 Å². The lowest BCUT2D eigenvalue weighted by atomic mass is 9.46. The van der Waals surface area contributed by atoms with E-state index in [2.05, 4.69) is 0 Å². The Morgan fingerprint density at radius 1 is 1.05 bits per heavy atom. The van der Waals surface area contributed by atoms with Gasteiger partial charge >= 0.3 is 5.97 Å². The largest absolute Gasteiger partial charge is 0.481 e. The van der Waals surface area contributed by atoms with Crippen molar-refractivity contribution in [2.24, 2.45) is 5.41 Å². The number of benzene rings is 1. The molecular formula is C16H18Cl2O2. The van der Waals surface area contributed by atoms with E-state index in [4.69, 9.17) is 23.2 Å². The second kappa shape index (κ2) is 4.92. The summed E-state index contributed by atoms with van der Waals surface area (Å²) in [6.45, 7) is 0. The molecule has 4 heteroatoms. The second-order valence-corrected chi connectivity index (χ2v) is 7.21. The van der Waals surface area contributed by atoms with Crippen molar-refractivity contribution >= 4 is 29.2 Å². The van der Waals surface area contributed by atoms with Crippen molar-refractivity contribution in [1.82, 2.24) is 0 Å². The van der Waals surface area contributed by atoms with Crippen LogP contribution in [0.15, 0.2) is 18.2 Å². The fraction of sp³-hybridized carbons (Fsp3) is 0.562. The Hall–Kier alpha value is -0.730. The van der Waals surface area contributed by atoms with E-state index in [1.54, 1.807) is 18.2 Å². The smallest absolute Gasteiger partial charge is 0.314 e. The minimum Gasteiger partial charge on any atom is -0.481 e. The summed E-state index contributed by atoms with van der Waals surface area (Å²) in [7, 11) is 0. The summed E-state index contributed by atoms with van der Waals surface area (Å²) in [4.78, 5) is 11.9. The van der Waals surface area contributed by atoms with E-state index in [1.807, 2.05) is 0 Å². The quantitative estimate of drug-likeness (QED) is 0.828. The van der Waals surface area contributed by atoms with Gasteiger partial charge in [-0.3, -0.25) is 4.79 Å². The van der Waals surface area contributed by atoms with Gasteiger partial charge in [-0.25, -0.2) is 0 Å². The molecule has 0 heterocycles. The van der Waals surface area contributed by atoms with Crippen LogP contribution in [0.3, 0.4) is 0 Å². The van der Waals surface area contributed by atoms with Crippen molar-refractivity contribution in [3.63, 3.8) is 0 Å². The van der Waals surface area contributed by atoms with Gasteiger partial charge in [0.05, 0.1) is 5.41 Å². The first-order valence-corrected chi connectivity index (χ1v) is 7.93.